The highest BCUT2D eigenvalue weighted by Crippen LogP contribution is 2.26. The summed E-state index contributed by atoms with van der Waals surface area (Å²) in [5.74, 6) is 0.761. The number of nitrogens with zero attached hydrogens (tertiary/aromatic N) is 2. The summed E-state index contributed by atoms with van der Waals surface area (Å²) in [5.41, 5.74) is 0. The van der Waals surface area contributed by atoms with Crippen LogP contribution in [-0.2, 0) is 11.8 Å². The van der Waals surface area contributed by atoms with Crippen LogP contribution >= 0.6 is 0 Å². The van der Waals surface area contributed by atoms with Crippen LogP contribution < -0.4 is 4.57 Å². The Hall–Kier alpha value is -1.32. The topological polar surface area (TPSA) is 35.1 Å². The molecular formula is C15H27N2O2+. The largest absolute Gasteiger partial charge is 0.511 e. The summed E-state index contributed by atoms with van der Waals surface area (Å²) < 4.78 is 8.55. The molecule has 4 heteroatoms. The van der Waals surface area contributed by atoms with E-state index in [4.69, 9.17) is 4.74 Å². The van der Waals surface area contributed by atoms with E-state index in [1.807, 2.05) is 31.7 Å². The Labute approximate surface area is 116 Å². The standard InChI is InChI=1S/C13H21N2O2.C2H6/c1-14-8-9-15(11-14)13(16)17-10-7-12-5-3-2-4-6-12;1-2/h8-9,11-12H,2-7,10H2,1H3;1-2H3/q+1;. The first-order valence-electron chi connectivity index (χ1n) is 7.46. The summed E-state index contributed by atoms with van der Waals surface area (Å²) in [4.78, 5) is 11.6. The molecule has 0 saturated heterocycles. The van der Waals surface area contributed by atoms with Crippen molar-refractivity contribution in [1.29, 1.82) is 0 Å². The van der Waals surface area contributed by atoms with Gasteiger partial charge < -0.3 is 4.74 Å². The lowest BCUT2D eigenvalue weighted by atomic mass is 9.87. The van der Waals surface area contributed by atoms with Crippen LogP contribution in [0.5, 0.6) is 0 Å². The molecule has 0 bridgehead atoms. The van der Waals surface area contributed by atoms with Crippen LogP contribution in [0.25, 0.3) is 0 Å². The van der Waals surface area contributed by atoms with Gasteiger partial charge in [-0.15, -0.1) is 4.57 Å². The molecule has 2 rings (SSSR count). The highest BCUT2D eigenvalue weighted by Gasteiger charge is 2.16. The zero-order valence-corrected chi connectivity index (χ0v) is 12.5. The van der Waals surface area contributed by atoms with Crippen molar-refractivity contribution in [2.75, 3.05) is 6.61 Å². The van der Waals surface area contributed by atoms with Gasteiger partial charge in [-0.25, -0.2) is 4.57 Å². The van der Waals surface area contributed by atoms with Crippen LogP contribution in [-0.4, -0.2) is 17.3 Å². The molecule has 1 aliphatic carbocycles. The SMILES string of the molecule is CC.C[n+]1ccn(C(=O)OCCC2CCCCC2)c1. The van der Waals surface area contributed by atoms with E-state index in [-0.39, 0.29) is 6.09 Å². The van der Waals surface area contributed by atoms with Gasteiger partial charge in [-0.3, -0.25) is 0 Å². The van der Waals surface area contributed by atoms with Crippen LogP contribution in [0.1, 0.15) is 52.4 Å². The van der Waals surface area contributed by atoms with Gasteiger partial charge in [0.1, 0.15) is 12.4 Å². The maximum atomic E-state index is 11.6. The quantitative estimate of drug-likeness (QED) is 0.788. The average Bonchev–Trinajstić information content (AvgIpc) is 2.89. The zero-order valence-electron chi connectivity index (χ0n) is 12.5. The van der Waals surface area contributed by atoms with Gasteiger partial charge >= 0.3 is 6.09 Å². The van der Waals surface area contributed by atoms with Gasteiger partial charge in [0.15, 0.2) is 0 Å². The van der Waals surface area contributed by atoms with Crippen molar-refractivity contribution in [3.8, 4) is 0 Å². The normalized spacial score (nSPS) is 15.5. The molecule has 0 spiro atoms. The second-order valence-corrected chi connectivity index (χ2v) is 4.89. The molecule has 0 amide bonds. The van der Waals surface area contributed by atoms with Crippen molar-refractivity contribution in [2.24, 2.45) is 13.0 Å². The lowest BCUT2D eigenvalue weighted by Crippen LogP contribution is -2.25. The molecule has 1 heterocycles. The minimum Gasteiger partial charge on any atom is -0.431 e. The third-order valence-corrected chi connectivity index (χ3v) is 3.46. The number of aromatic nitrogens is 2. The fourth-order valence-corrected chi connectivity index (χ4v) is 2.42. The van der Waals surface area contributed by atoms with Crippen LogP contribution in [0.15, 0.2) is 18.7 Å². The van der Waals surface area contributed by atoms with E-state index in [0.717, 1.165) is 12.3 Å². The second kappa shape index (κ2) is 8.73. The Kier molecular flexibility index (Phi) is 7.23. The predicted molar refractivity (Wildman–Crippen MR) is 74.9 cm³/mol. The summed E-state index contributed by atoms with van der Waals surface area (Å²) in [6.45, 7) is 4.55. The van der Waals surface area contributed by atoms with E-state index in [0.29, 0.717) is 6.61 Å². The first kappa shape index (κ1) is 15.7. The van der Waals surface area contributed by atoms with E-state index in [2.05, 4.69) is 0 Å². The number of carbonyl (C=O) groups excluding carboxylic acids is 1. The Balaban J connectivity index is 0.000000861. The lowest BCUT2D eigenvalue weighted by molar-refractivity contribution is -0.670. The summed E-state index contributed by atoms with van der Waals surface area (Å²) in [6.07, 6.45) is 12.6. The van der Waals surface area contributed by atoms with Crippen molar-refractivity contribution >= 4 is 6.09 Å². The van der Waals surface area contributed by atoms with E-state index >= 15 is 0 Å². The minimum absolute atomic E-state index is 0.276. The molecule has 1 aromatic heterocycles. The number of hydrogen-bond acceptors (Lipinski definition) is 2. The maximum absolute atomic E-state index is 11.6. The van der Waals surface area contributed by atoms with Crippen molar-refractivity contribution in [2.45, 2.75) is 52.4 Å². The maximum Gasteiger partial charge on any atom is 0.511 e. The molecule has 108 valence electrons. The highest BCUT2D eigenvalue weighted by molar-refractivity contribution is 5.69. The third-order valence-electron chi connectivity index (χ3n) is 3.46. The number of aryl methyl sites for hydroxylation is 1. The summed E-state index contributed by atoms with van der Waals surface area (Å²) in [5, 5.41) is 0. The molecule has 0 aromatic carbocycles. The monoisotopic (exact) mass is 267 g/mol. The van der Waals surface area contributed by atoms with E-state index in [1.54, 1.807) is 12.5 Å². The number of carbonyl (C=O) groups is 1. The Morgan fingerprint density at radius 1 is 1.32 bits per heavy atom. The van der Waals surface area contributed by atoms with Gasteiger partial charge in [0.05, 0.1) is 13.7 Å². The summed E-state index contributed by atoms with van der Waals surface area (Å²) >= 11 is 0. The number of hydrogen-bond donors (Lipinski definition) is 0. The van der Waals surface area contributed by atoms with Crippen LogP contribution in [0.2, 0.25) is 0 Å². The Morgan fingerprint density at radius 2 is 2.00 bits per heavy atom. The molecule has 0 N–H and O–H groups in total. The fraction of sp³-hybridized carbons (Fsp3) is 0.733. The molecule has 1 aromatic rings. The van der Waals surface area contributed by atoms with Crippen molar-refractivity contribution in [1.82, 2.24) is 4.57 Å². The number of ether oxygens (including phenoxy) is 1. The Morgan fingerprint density at radius 3 is 2.58 bits per heavy atom. The molecule has 1 saturated carbocycles. The van der Waals surface area contributed by atoms with Crippen molar-refractivity contribution < 1.29 is 14.1 Å². The highest BCUT2D eigenvalue weighted by atomic mass is 16.5. The number of rotatable bonds is 3. The lowest BCUT2D eigenvalue weighted by Gasteiger charge is -2.20. The van der Waals surface area contributed by atoms with Crippen molar-refractivity contribution in [3.05, 3.63) is 18.7 Å². The van der Waals surface area contributed by atoms with Gasteiger partial charge in [-0.2, -0.15) is 4.79 Å². The molecule has 1 aliphatic rings. The Bertz CT molecular complexity index is 368. The third kappa shape index (κ3) is 5.45. The van der Waals surface area contributed by atoms with E-state index in [1.165, 1.54) is 36.7 Å². The summed E-state index contributed by atoms with van der Waals surface area (Å²) in [6, 6.07) is 0. The molecule has 4 nitrogen and oxygen atoms in total. The molecular weight excluding hydrogens is 240 g/mol. The van der Waals surface area contributed by atoms with Gasteiger partial charge in [0.2, 0.25) is 0 Å². The zero-order chi connectivity index (χ0) is 14.1. The van der Waals surface area contributed by atoms with Crippen LogP contribution in [0.4, 0.5) is 4.79 Å². The predicted octanol–water partition coefficient (Wildman–Crippen LogP) is 3.29. The first-order valence-corrected chi connectivity index (χ1v) is 7.46. The van der Waals surface area contributed by atoms with Crippen LogP contribution in [0.3, 0.4) is 0 Å². The van der Waals surface area contributed by atoms with Gasteiger partial charge in [-0.1, -0.05) is 46.0 Å². The van der Waals surface area contributed by atoms with E-state index in [9.17, 15) is 4.79 Å². The molecule has 1 fully saturated rings. The average molecular weight is 267 g/mol. The van der Waals surface area contributed by atoms with Crippen LogP contribution in [0, 0.1) is 5.92 Å². The second-order valence-electron chi connectivity index (χ2n) is 4.89. The van der Waals surface area contributed by atoms with Gasteiger partial charge in [-0.05, 0) is 12.3 Å². The molecule has 0 unspecified atom stereocenters. The number of imidazole rings is 1. The van der Waals surface area contributed by atoms with Gasteiger partial charge in [0, 0.05) is 0 Å². The summed E-state index contributed by atoms with van der Waals surface area (Å²) in [7, 11) is 1.88. The first-order chi connectivity index (χ1) is 9.25. The molecule has 19 heavy (non-hydrogen) atoms. The minimum atomic E-state index is -0.276. The fourth-order valence-electron chi connectivity index (χ4n) is 2.42. The smallest absolute Gasteiger partial charge is 0.431 e. The molecule has 0 atom stereocenters. The van der Waals surface area contributed by atoms with E-state index < -0.39 is 0 Å². The molecule has 0 radical (unpaired) electrons. The van der Waals surface area contributed by atoms with Crippen molar-refractivity contribution in [3.63, 3.8) is 0 Å². The molecule has 0 aliphatic heterocycles. The van der Waals surface area contributed by atoms with Gasteiger partial charge in [0.25, 0.3) is 6.33 Å².